The van der Waals surface area contributed by atoms with Gasteiger partial charge in [0.15, 0.2) is 0 Å². The Kier molecular flexibility index (Phi) is 9.42. The quantitative estimate of drug-likeness (QED) is 0.607. The average Bonchev–Trinajstić information content (AvgIpc) is 1.61. The summed E-state index contributed by atoms with van der Waals surface area (Å²) in [5.41, 5.74) is 0. The summed E-state index contributed by atoms with van der Waals surface area (Å²) in [6.45, 7) is 3.92. The first-order chi connectivity index (χ1) is 3.27. The number of carbonyl (C=O) groups is 1. The van der Waals surface area contributed by atoms with E-state index in [1.165, 1.54) is 6.92 Å². The molecule has 0 saturated carbocycles. The van der Waals surface area contributed by atoms with Crippen LogP contribution in [-0.4, -0.2) is 12.6 Å². The lowest BCUT2D eigenvalue weighted by Crippen LogP contribution is -1.98. The molecule has 0 aromatic carbocycles. The summed E-state index contributed by atoms with van der Waals surface area (Å²) in [7, 11) is 0. The largest absolute Gasteiger partial charge is 0.466 e. The SMILES string of the molecule is Br.CCCOC(C)=O. The third-order valence-corrected chi connectivity index (χ3v) is 0.509. The highest BCUT2D eigenvalue weighted by atomic mass is 79.9. The summed E-state index contributed by atoms with van der Waals surface area (Å²) in [5, 5.41) is 0. The van der Waals surface area contributed by atoms with Crippen molar-refractivity contribution in [2.75, 3.05) is 6.61 Å². The molecule has 0 aliphatic heterocycles. The molecule has 0 unspecified atom stereocenters. The zero-order chi connectivity index (χ0) is 5.70. The molecule has 0 aromatic heterocycles. The van der Waals surface area contributed by atoms with Crippen LogP contribution in [0.4, 0.5) is 0 Å². The van der Waals surface area contributed by atoms with E-state index in [0.717, 1.165) is 6.42 Å². The van der Waals surface area contributed by atoms with E-state index >= 15 is 0 Å². The first-order valence-corrected chi connectivity index (χ1v) is 2.40. The van der Waals surface area contributed by atoms with E-state index in [-0.39, 0.29) is 23.0 Å². The van der Waals surface area contributed by atoms with Crippen LogP contribution in [0.2, 0.25) is 0 Å². The van der Waals surface area contributed by atoms with Gasteiger partial charge in [0, 0.05) is 6.92 Å². The van der Waals surface area contributed by atoms with Gasteiger partial charge in [-0.05, 0) is 6.42 Å². The topological polar surface area (TPSA) is 26.3 Å². The summed E-state index contributed by atoms with van der Waals surface area (Å²) in [6, 6.07) is 0. The number of halogens is 1. The Bertz CT molecular complexity index is 63.4. The molecule has 0 aliphatic rings. The van der Waals surface area contributed by atoms with E-state index in [4.69, 9.17) is 0 Å². The second-order valence-corrected chi connectivity index (χ2v) is 1.34. The van der Waals surface area contributed by atoms with E-state index in [2.05, 4.69) is 4.74 Å². The van der Waals surface area contributed by atoms with Crippen LogP contribution in [0.5, 0.6) is 0 Å². The molecule has 0 amide bonds. The van der Waals surface area contributed by atoms with E-state index in [0.29, 0.717) is 6.61 Å². The Morgan fingerprint density at radius 3 is 2.25 bits per heavy atom. The maximum Gasteiger partial charge on any atom is 0.302 e. The van der Waals surface area contributed by atoms with Gasteiger partial charge in [0.05, 0.1) is 6.61 Å². The van der Waals surface area contributed by atoms with Crippen LogP contribution in [-0.2, 0) is 9.53 Å². The maximum absolute atomic E-state index is 9.98. The first kappa shape index (κ1) is 10.8. The summed E-state index contributed by atoms with van der Waals surface area (Å²) < 4.78 is 4.55. The smallest absolute Gasteiger partial charge is 0.302 e. The van der Waals surface area contributed by atoms with Gasteiger partial charge in [0.25, 0.3) is 0 Å². The van der Waals surface area contributed by atoms with Crippen molar-refractivity contribution in [2.24, 2.45) is 0 Å². The molecular weight excluding hydrogens is 172 g/mol. The maximum atomic E-state index is 9.98. The van der Waals surface area contributed by atoms with Gasteiger partial charge in [-0.1, -0.05) is 6.92 Å². The average molecular weight is 183 g/mol. The summed E-state index contributed by atoms with van der Waals surface area (Å²) in [5.74, 6) is -0.193. The molecule has 50 valence electrons. The molecule has 2 nitrogen and oxygen atoms in total. The summed E-state index contributed by atoms with van der Waals surface area (Å²) in [6.07, 6.45) is 0.902. The minimum absolute atomic E-state index is 0. The van der Waals surface area contributed by atoms with E-state index in [9.17, 15) is 4.79 Å². The second-order valence-electron chi connectivity index (χ2n) is 1.34. The fourth-order valence-electron chi connectivity index (χ4n) is 0.246. The lowest BCUT2D eigenvalue weighted by Gasteiger charge is -1.93. The minimum Gasteiger partial charge on any atom is -0.466 e. The number of carbonyl (C=O) groups excluding carboxylic acids is 1. The van der Waals surface area contributed by atoms with Gasteiger partial charge in [-0.2, -0.15) is 0 Å². The molecule has 0 saturated heterocycles. The third kappa shape index (κ3) is 9.34. The van der Waals surface area contributed by atoms with Crippen molar-refractivity contribution >= 4 is 23.0 Å². The summed E-state index contributed by atoms with van der Waals surface area (Å²) in [4.78, 5) is 9.98. The monoisotopic (exact) mass is 182 g/mol. The van der Waals surface area contributed by atoms with Crippen LogP contribution in [0.25, 0.3) is 0 Å². The van der Waals surface area contributed by atoms with E-state index in [1.54, 1.807) is 0 Å². The Balaban J connectivity index is 0. The Morgan fingerprint density at radius 2 is 2.12 bits per heavy atom. The lowest BCUT2D eigenvalue weighted by molar-refractivity contribution is -0.140. The molecule has 0 heterocycles. The third-order valence-electron chi connectivity index (χ3n) is 0.509. The molecule has 0 rings (SSSR count). The van der Waals surface area contributed by atoms with Gasteiger partial charge >= 0.3 is 5.97 Å². The molecule has 0 spiro atoms. The normalized spacial score (nSPS) is 7.25. The molecule has 0 aliphatic carbocycles. The standard InChI is InChI=1S/C5H10O2.BrH/c1-3-4-7-5(2)6;/h3-4H2,1-2H3;1H. The Hall–Kier alpha value is -0.0500. The Morgan fingerprint density at radius 1 is 1.62 bits per heavy atom. The highest BCUT2D eigenvalue weighted by Gasteiger charge is 1.85. The van der Waals surface area contributed by atoms with Crippen molar-refractivity contribution in [2.45, 2.75) is 20.3 Å². The van der Waals surface area contributed by atoms with Crippen LogP contribution in [0.1, 0.15) is 20.3 Å². The van der Waals surface area contributed by atoms with Crippen molar-refractivity contribution < 1.29 is 9.53 Å². The van der Waals surface area contributed by atoms with Crippen LogP contribution < -0.4 is 0 Å². The van der Waals surface area contributed by atoms with Gasteiger partial charge in [-0.15, -0.1) is 17.0 Å². The molecule has 0 aromatic rings. The minimum atomic E-state index is -0.193. The molecule has 3 heteroatoms. The first-order valence-electron chi connectivity index (χ1n) is 2.40. The highest BCUT2D eigenvalue weighted by Crippen LogP contribution is 1.78. The number of esters is 1. The van der Waals surface area contributed by atoms with Gasteiger partial charge in [-0.3, -0.25) is 4.79 Å². The van der Waals surface area contributed by atoms with Gasteiger partial charge in [0.1, 0.15) is 0 Å². The van der Waals surface area contributed by atoms with Crippen LogP contribution >= 0.6 is 17.0 Å². The fraction of sp³-hybridized carbons (Fsp3) is 0.800. The molecular formula is C5H11BrO2. The van der Waals surface area contributed by atoms with Crippen molar-refractivity contribution in [3.05, 3.63) is 0 Å². The van der Waals surface area contributed by atoms with Crippen molar-refractivity contribution in [1.29, 1.82) is 0 Å². The van der Waals surface area contributed by atoms with Crippen LogP contribution in [0, 0.1) is 0 Å². The predicted molar refractivity (Wildman–Crippen MR) is 37.2 cm³/mol. The zero-order valence-corrected chi connectivity index (χ0v) is 6.85. The molecule has 0 radical (unpaired) electrons. The fourth-order valence-corrected chi connectivity index (χ4v) is 0.246. The molecule has 0 atom stereocenters. The van der Waals surface area contributed by atoms with E-state index < -0.39 is 0 Å². The molecule has 0 fully saturated rings. The predicted octanol–water partition coefficient (Wildman–Crippen LogP) is 1.54. The van der Waals surface area contributed by atoms with Crippen molar-refractivity contribution in [3.63, 3.8) is 0 Å². The molecule has 0 bridgehead atoms. The number of hydrogen-bond donors (Lipinski definition) is 0. The van der Waals surface area contributed by atoms with Crippen LogP contribution in [0.15, 0.2) is 0 Å². The van der Waals surface area contributed by atoms with Gasteiger partial charge < -0.3 is 4.74 Å². The van der Waals surface area contributed by atoms with E-state index in [1.807, 2.05) is 6.92 Å². The van der Waals surface area contributed by atoms with Crippen molar-refractivity contribution in [3.8, 4) is 0 Å². The summed E-state index contributed by atoms with van der Waals surface area (Å²) >= 11 is 0. The highest BCUT2D eigenvalue weighted by molar-refractivity contribution is 8.93. The molecule has 8 heavy (non-hydrogen) atoms. The zero-order valence-electron chi connectivity index (χ0n) is 5.14. The Labute approximate surface area is 60.0 Å². The van der Waals surface area contributed by atoms with Crippen LogP contribution in [0.3, 0.4) is 0 Å². The number of ether oxygens (including phenoxy) is 1. The number of rotatable bonds is 2. The van der Waals surface area contributed by atoms with Gasteiger partial charge in [-0.25, -0.2) is 0 Å². The van der Waals surface area contributed by atoms with Crippen molar-refractivity contribution in [1.82, 2.24) is 0 Å². The second kappa shape index (κ2) is 6.95. The molecule has 0 N–H and O–H groups in total. The lowest BCUT2D eigenvalue weighted by atomic mass is 10.5. The van der Waals surface area contributed by atoms with Gasteiger partial charge in [0.2, 0.25) is 0 Å². The number of hydrogen-bond acceptors (Lipinski definition) is 2.